The number of hydrogen-bond acceptors (Lipinski definition) is 5. The molecule has 0 bridgehead atoms. The minimum Gasteiger partial charge on any atom is -0.484 e. The van der Waals surface area contributed by atoms with Crippen molar-refractivity contribution in [3.8, 4) is 5.75 Å². The molecule has 7 heteroatoms. The first-order chi connectivity index (χ1) is 13.0. The molecule has 142 valence electrons. The molecule has 0 heterocycles. The maximum absolute atomic E-state index is 12.0. The Hall–Kier alpha value is -3.35. The summed E-state index contributed by atoms with van der Waals surface area (Å²) in [4.78, 5) is 34.5. The number of benzene rings is 2. The third-order valence-corrected chi connectivity index (χ3v) is 3.78. The second-order valence-electron chi connectivity index (χ2n) is 5.97. The smallest absolute Gasteiger partial charge is 0.338 e. The normalized spacial score (nSPS) is 11.3. The van der Waals surface area contributed by atoms with Crippen molar-refractivity contribution in [2.75, 3.05) is 19.8 Å². The molecule has 2 aromatic carbocycles. The van der Waals surface area contributed by atoms with Crippen molar-refractivity contribution >= 4 is 17.8 Å². The summed E-state index contributed by atoms with van der Waals surface area (Å²) in [6.45, 7) is 1.85. The van der Waals surface area contributed by atoms with Gasteiger partial charge >= 0.3 is 5.97 Å². The summed E-state index contributed by atoms with van der Waals surface area (Å²) in [5.74, 6) is -1.03. The highest BCUT2D eigenvalue weighted by Crippen LogP contribution is 2.14. The number of ether oxygens (including phenoxy) is 2. The van der Waals surface area contributed by atoms with E-state index in [-0.39, 0.29) is 30.6 Å². The number of nitrogens with one attached hydrogen (secondary N) is 1. The summed E-state index contributed by atoms with van der Waals surface area (Å²) in [5.41, 5.74) is 6.38. The number of hydrogen-bond donors (Lipinski definition) is 2. The molecule has 0 aromatic heterocycles. The van der Waals surface area contributed by atoms with E-state index in [4.69, 9.17) is 15.2 Å². The Morgan fingerprint density at radius 2 is 1.67 bits per heavy atom. The average molecular weight is 370 g/mol. The fourth-order valence-electron chi connectivity index (χ4n) is 2.27. The minimum absolute atomic E-state index is 0.152. The van der Waals surface area contributed by atoms with Gasteiger partial charge < -0.3 is 20.5 Å². The summed E-state index contributed by atoms with van der Waals surface area (Å²) >= 11 is 0. The molecule has 7 nitrogen and oxygen atoms in total. The molecule has 2 amide bonds. The Kier molecular flexibility index (Phi) is 7.37. The van der Waals surface area contributed by atoms with E-state index in [0.717, 1.165) is 5.56 Å². The molecule has 0 aliphatic rings. The van der Waals surface area contributed by atoms with Crippen LogP contribution in [0, 0.1) is 0 Å². The molecule has 0 aliphatic carbocycles. The first-order valence-electron chi connectivity index (χ1n) is 8.45. The number of amides is 2. The maximum atomic E-state index is 12.0. The first kappa shape index (κ1) is 20.0. The van der Waals surface area contributed by atoms with Crippen molar-refractivity contribution in [3.63, 3.8) is 0 Å². The zero-order chi connectivity index (χ0) is 19.6. The van der Waals surface area contributed by atoms with Gasteiger partial charge in [-0.05, 0) is 35.7 Å². The molecule has 0 saturated carbocycles. The van der Waals surface area contributed by atoms with E-state index < -0.39 is 11.9 Å². The number of carbonyl (C=O) groups excluding carboxylic acids is 3. The summed E-state index contributed by atoms with van der Waals surface area (Å²) in [7, 11) is 0. The number of primary amides is 1. The van der Waals surface area contributed by atoms with Crippen molar-refractivity contribution < 1.29 is 23.9 Å². The fourth-order valence-corrected chi connectivity index (χ4v) is 2.27. The van der Waals surface area contributed by atoms with Crippen molar-refractivity contribution in [3.05, 3.63) is 65.7 Å². The van der Waals surface area contributed by atoms with E-state index in [1.165, 1.54) is 24.3 Å². The largest absolute Gasteiger partial charge is 0.484 e. The summed E-state index contributed by atoms with van der Waals surface area (Å²) in [5, 5.41) is 2.74. The standard InChI is InChI=1S/C20H22N2O5/c1-14(15-5-3-2-4-6-15)11-22-19(24)13-27-20(25)16-7-9-17(10-8-16)26-12-18(21)23/h2-10,14H,11-13H2,1H3,(H2,21,23)(H,22,24). The van der Waals surface area contributed by atoms with Crippen molar-refractivity contribution in [1.82, 2.24) is 5.32 Å². The highest BCUT2D eigenvalue weighted by molar-refractivity contribution is 5.91. The van der Waals surface area contributed by atoms with Gasteiger partial charge in [0.1, 0.15) is 5.75 Å². The molecular formula is C20H22N2O5. The maximum Gasteiger partial charge on any atom is 0.338 e. The molecule has 1 atom stereocenters. The highest BCUT2D eigenvalue weighted by atomic mass is 16.5. The van der Waals surface area contributed by atoms with Gasteiger partial charge in [0.2, 0.25) is 0 Å². The molecule has 0 saturated heterocycles. The van der Waals surface area contributed by atoms with Gasteiger partial charge in [-0.25, -0.2) is 4.79 Å². The van der Waals surface area contributed by atoms with Crippen molar-refractivity contribution in [1.29, 1.82) is 0 Å². The Bertz CT molecular complexity index is 775. The van der Waals surface area contributed by atoms with Crippen LogP contribution in [0.2, 0.25) is 0 Å². The van der Waals surface area contributed by atoms with Gasteiger partial charge in [0.15, 0.2) is 13.2 Å². The van der Waals surface area contributed by atoms with E-state index >= 15 is 0 Å². The zero-order valence-corrected chi connectivity index (χ0v) is 15.0. The van der Waals surface area contributed by atoms with E-state index in [0.29, 0.717) is 12.3 Å². The van der Waals surface area contributed by atoms with Crippen LogP contribution in [0.4, 0.5) is 0 Å². The lowest BCUT2D eigenvalue weighted by molar-refractivity contribution is -0.124. The van der Waals surface area contributed by atoms with E-state index in [1.54, 1.807) is 0 Å². The average Bonchev–Trinajstić information content (AvgIpc) is 2.69. The number of esters is 1. The molecule has 2 rings (SSSR count). The van der Waals surface area contributed by atoms with Crippen molar-refractivity contribution in [2.24, 2.45) is 5.73 Å². The molecule has 0 fully saturated rings. The van der Waals surface area contributed by atoms with Crippen LogP contribution < -0.4 is 15.8 Å². The monoisotopic (exact) mass is 370 g/mol. The third-order valence-electron chi connectivity index (χ3n) is 3.78. The molecule has 0 spiro atoms. The predicted molar refractivity (Wildman–Crippen MR) is 99.3 cm³/mol. The first-order valence-corrected chi connectivity index (χ1v) is 8.45. The molecular weight excluding hydrogens is 348 g/mol. The topological polar surface area (TPSA) is 108 Å². The summed E-state index contributed by atoms with van der Waals surface area (Å²) in [6, 6.07) is 15.8. The van der Waals surface area contributed by atoms with Gasteiger partial charge in [0.25, 0.3) is 11.8 Å². The van der Waals surface area contributed by atoms with Crippen LogP contribution in [-0.4, -0.2) is 37.5 Å². The highest BCUT2D eigenvalue weighted by Gasteiger charge is 2.12. The predicted octanol–water partition coefficient (Wildman–Crippen LogP) is 1.63. The molecule has 2 aromatic rings. The lowest BCUT2D eigenvalue weighted by Gasteiger charge is -2.13. The van der Waals surface area contributed by atoms with Gasteiger partial charge in [-0.2, -0.15) is 0 Å². The Labute approximate surface area is 157 Å². The van der Waals surface area contributed by atoms with E-state index in [9.17, 15) is 14.4 Å². The number of rotatable bonds is 9. The van der Waals surface area contributed by atoms with Gasteiger partial charge in [0, 0.05) is 6.54 Å². The summed E-state index contributed by atoms with van der Waals surface area (Å²) < 4.78 is 10.1. The lowest BCUT2D eigenvalue weighted by atomic mass is 10.0. The second-order valence-corrected chi connectivity index (χ2v) is 5.97. The van der Waals surface area contributed by atoms with Crippen LogP contribution in [-0.2, 0) is 14.3 Å². The molecule has 3 N–H and O–H groups in total. The quantitative estimate of drug-likeness (QED) is 0.652. The van der Waals surface area contributed by atoms with Gasteiger partial charge in [-0.1, -0.05) is 37.3 Å². The van der Waals surface area contributed by atoms with E-state index in [1.807, 2.05) is 37.3 Å². The number of carbonyl (C=O) groups is 3. The Morgan fingerprint density at radius 3 is 2.30 bits per heavy atom. The zero-order valence-electron chi connectivity index (χ0n) is 15.0. The van der Waals surface area contributed by atoms with Crippen LogP contribution >= 0.6 is 0 Å². The molecule has 0 radical (unpaired) electrons. The Balaban J connectivity index is 1.74. The molecule has 1 unspecified atom stereocenters. The van der Waals surface area contributed by atoms with Crippen molar-refractivity contribution in [2.45, 2.75) is 12.8 Å². The van der Waals surface area contributed by atoms with Gasteiger partial charge in [-0.3, -0.25) is 9.59 Å². The van der Waals surface area contributed by atoms with Crippen LogP contribution in [0.1, 0.15) is 28.8 Å². The Morgan fingerprint density at radius 1 is 1.00 bits per heavy atom. The van der Waals surface area contributed by atoms with Gasteiger partial charge in [-0.15, -0.1) is 0 Å². The van der Waals surface area contributed by atoms with Gasteiger partial charge in [0.05, 0.1) is 5.56 Å². The minimum atomic E-state index is -0.622. The van der Waals surface area contributed by atoms with Crippen LogP contribution in [0.3, 0.4) is 0 Å². The third kappa shape index (κ3) is 6.81. The second kappa shape index (κ2) is 9.96. The van der Waals surface area contributed by atoms with Crippen LogP contribution in [0.15, 0.2) is 54.6 Å². The fraction of sp³-hybridized carbons (Fsp3) is 0.250. The summed E-state index contributed by atoms with van der Waals surface area (Å²) in [6.07, 6.45) is 0. The number of nitrogens with two attached hydrogens (primary N) is 1. The van der Waals surface area contributed by atoms with E-state index in [2.05, 4.69) is 5.32 Å². The molecule has 0 aliphatic heterocycles. The lowest BCUT2D eigenvalue weighted by Crippen LogP contribution is -2.31. The van der Waals surface area contributed by atoms with Crippen LogP contribution in [0.25, 0.3) is 0 Å². The molecule has 27 heavy (non-hydrogen) atoms. The van der Waals surface area contributed by atoms with Crippen LogP contribution in [0.5, 0.6) is 5.75 Å². The SMILES string of the molecule is CC(CNC(=O)COC(=O)c1ccc(OCC(N)=O)cc1)c1ccccc1.